The summed E-state index contributed by atoms with van der Waals surface area (Å²) in [4.78, 5) is 28.6. The van der Waals surface area contributed by atoms with E-state index in [9.17, 15) is 9.36 Å². The van der Waals surface area contributed by atoms with Crippen LogP contribution in [-0.4, -0.2) is 41.7 Å². The number of carbonyl (C=O) groups is 1. The third-order valence-corrected chi connectivity index (χ3v) is 6.19. The van der Waals surface area contributed by atoms with Crippen molar-refractivity contribution in [1.82, 2.24) is 0 Å². The first-order valence-corrected chi connectivity index (χ1v) is 14.8. The van der Waals surface area contributed by atoms with Crippen LogP contribution in [0.3, 0.4) is 0 Å². The summed E-state index contributed by atoms with van der Waals surface area (Å²) >= 11 is 0. The van der Waals surface area contributed by atoms with Crippen LogP contribution in [0.2, 0.25) is 0 Å². The van der Waals surface area contributed by atoms with Gasteiger partial charge in [-0.1, -0.05) is 116 Å². The molecule has 33 heavy (non-hydrogen) atoms. The number of carbonyl (C=O) groups excluding carboxylic acids is 1. The van der Waals surface area contributed by atoms with E-state index >= 15 is 0 Å². The zero-order valence-electron chi connectivity index (χ0n) is 21.3. The number of phosphoric ester groups is 1. The Labute approximate surface area is 202 Å². The van der Waals surface area contributed by atoms with Crippen LogP contribution in [-0.2, 0) is 23.4 Å². The Hall–Kier alpha value is -0.460. The van der Waals surface area contributed by atoms with Gasteiger partial charge in [0, 0.05) is 13.5 Å². The van der Waals surface area contributed by atoms with Crippen LogP contribution >= 0.6 is 7.82 Å². The summed E-state index contributed by atoms with van der Waals surface area (Å²) in [5.41, 5.74) is 0. The van der Waals surface area contributed by atoms with Crippen molar-refractivity contribution in [2.24, 2.45) is 0 Å². The third-order valence-electron chi connectivity index (χ3n) is 5.71. The van der Waals surface area contributed by atoms with Gasteiger partial charge in [-0.3, -0.25) is 9.32 Å². The van der Waals surface area contributed by atoms with E-state index in [1.807, 2.05) is 0 Å². The molecule has 0 saturated carbocycles. The van der Waals surface area contributed by atoms with E-state index in [0.29, 0.717) is 6.61 Å². The Morgan fingerprint density at radius 1 is 0.697 bits per heavy atom. The third kappa shape index (κ3) is 27.7. The lowest BCUT2D eigenvalue weighted by Gasteiger charge is -2.17. The fourth-order valence-corrected chi connectivity index (χ4v) is 4.21. The molecule has 1 atom stereocenters. The van der Waals surface area contributed by atoms with E-state index in [4.69, 9.17) is 19.3 Å². The van der Waals surface area contributed by atoms with Gasteiger partial charge < -0.3 is 19.3 Å². The van der Waals surface area contributed by atoms with Gasteiger partial charge in [0.15, 0.2) is 0 Å². The van der Waals surface area contributed by atoms with E-state index in [1.165, 1.54) is 110 Å². The molecule has 0 spiro atoms. The van der Waals surface area contributed by atoms with Crippen molar-refractivity contribution < 1.29 is 33.1 Å². The van der Waals surface area contributed by atoms with E-state index in [-0.39, 0.29) is 13.2 Å². The van der Waals surface area contributed by atoms with Gasteiger partial charge in [-0.05, 0) is 6.42 Å². The number of rotatable bonds is 25. The summed E-state index contributed by atoms with van der Waals surface area (Å²) in [6.07, 6.45) is 23.0. The van der Waals surface area contributed by atoms with Gasteiger partial charge in [0.25, 0.3) is 0 Å². The van der Waals surface area contributed by atoms with Crippen LogP contribution in [0.4, 0.5) is 0 Å². The predicted octanol–water partition coefficient (Wildman–Crippen LogP) is 7.09. The summed E-state index contributed by atoms with van der Waals surface area (Å²) < 4.78 is 25.6. The number of phosphoric acid groups is 1. The quantitative estimate of drug-likeness (QED) is 0.0793. The smallest absolute Gasteiger partial charge is 0.458 e. The highest BCUT2D eigenvalue weighted by atomic mass is 31.2. The molecule has 0 unspecified atom stereocenters. The first-order valence-electron chi connectivity index (χ1n) is 13.3. The fraction of sp³-hybridized carbons (Fsp3) is 0.960. The van der Waals surface area contributed by atoms with Gasteiger partial charge in [0.1, 0.15) is 6.10 Å². The second-order valence-corrected chi connectivity index (χ2v) is 10.3. The first-order chi connectivity index (χ1) is 15.8. The molecular formula is C25H51O7P. The molecule has 0 fully saturated rings. The SMILES string of the molecule is CCCCCCCCCCCCCCCCCCCCOC[C@H](COP(=O)(O)O)OC(C)=O. The number of hydrogen-bond acceptors (Lipinski definition) is 5. The summed E-state index contributed by atoms with van der Waals surface area (Å²) in [5.74, 6) is -0.536. The summed E-state index contributed by atoms with van der Waals surface area (Å²) in [6.45, 7) is 3.72. The van der Waals surface area contributed by atoms with E-state index < -0.39 is 19.9 Å². The Morgan fingerprint density at radius 2 is 1.09 bits per heavy atom. The molecule has 0 rings (SSSR count). The van der Waals surface area contributed by atoms with Crippen LogP contribution in [0.15, 0.2) is 0 Å². The zero-order valence-corrected chi connectivity index (χ0v) is 22.2. The van der Waals surface area contributed by atoms with Crippen LogP contribution in [0.5, 0.6) is 0 Å². The van der Waals surface area contributed by atoms with Crippen molar-refractivity contribution in [3.05, 3.63) is 0 Å². The molecule has 0 aliphatic carbocycles. The number of hydrogen-bond donors (Lipinski definition) is 2. The van der Waals surface area contributed by atoms with Gasteiger partial charge in [-0.15, -0.1) is 0 Å². The Bertz CT molecular complexity index is 481. The van der Waals surface area contributed by atoms with Gasteiger partial charge in [-0.2, -0.15) is 0 Å². The average Bonchev–Trinajstić information content (AvgIpc) is 2.75. The molecule has 0 bridgehead atoms. The lowest BCUT2D eigenvalue weighted by atomic mass is 10.0. The van der Waals surface area contributed by atoms with Crippen molar-refractivity contribution in [2.45, 2.75) is 136 Å². The number of ether oxygens (including phenoxy) is 2. The predicted molar refractivity (Wildman–Crippen MR) is 133 cm³/mol. The van der Waals surface area contributed by atoms with E-state index in [1.54, 1.807) is 0 Å². The maximum Gasteiger partial charge on any atom is 0.469 e. The molecule has 7 nitrogen and oxygen atoms in total. The first kappa shape index (κ1) is 32.5. The minimum absolute atomic E-state index is 0.0680. The minimum Gasteiger partial charge on any atom is -0.458 e. The standard InChI is InChI=1S/C25H51O7P/c1-3-4-5-6-7-8-9-10-11-12-13-14-15-16-17-18-19-20-21-30-22-25(32-24(2)26)23-31-33(27,28)29/h25H,3-23H2,1-2H3,(H2,27,28,29)/t25-/m1/s1. The molecule has 0 aromatic heterocycles. The molecule has 198 valence electrons. The van der Waals surface area contributed by atoms with Crippen molar-refractivity contribution >= 4 is 13.8 Å². The summed E-state index contributed by atoms with van der Waals surface area (Å²) in [6, 6.07) is 0. The topological polar surface area (TPSA) is 102 Å². The monoisotopic (exact) mass is 494 g/mol. The van der Waals surface area contributed by atoms with Gasteiger partial charge >= 0.3 is 13.8 Å². The Balaban J connectivity index is 3.36. The second-order valence-electron chi connectivity index (χ2n) is 9.10. The molecule has 0 aliphatic heterocycles. The second kappa shape index (κ2) is 23.3. The van der Waals surface area contributed by atoms with Crippen molar-refractivity contribution in [2.75, 3.05) is 19.8 Å². The van der Waals surface area contributed by atoms with Crippen LogP contribution < -0.4 is 0 Å². The molecule has 0 radical (unpaired) electrons. The highest BCUT2D eigenvalue weighted by Gasteiger charge is 2.20. The molecule has 0 aliphatic rings. The van der Waals surface area contributed by atoms with E-state index in [0.717, 1.165) is 12.8 Å². The molecule has 0 aromatic rings. The van der Waals surface area contributed by atoms with Gasteiger partial charge in [0.05, 0.1) is 13.2 Å². The Morgan fingerprint density at radius 3 is 1.45 bits per heavy atom. The largest absolute Gasteiger partial charge is 0.469 e. The van der Waals surface area contributed by atoms with Crippen LogP contribution in [0, 0.1) is 0 Å². The maximum atomic E-state index is 11.1. The number of esters is 1. The molecular weight excluding hydrogens is 443 g/mol. The summed E-state index contributed by atoms with van der Waals surface area (Å²) in [7, 11) is -4.59. The lowest BCUT2D eigenvalue weighted by Crippen LogP contribution is -2.27. The van der Waals surface area contributed by atoms with Crippen LogP contribution in [0.25, 0.3) is 0 Å². The van der Waals surface area contributed by atoms with E-state index in [2.05, 4.69) is 11.4 Å². The van der Waals surface area contributed by atoms with Gasteiger partial charge in [0.2, 0.25) is 0 Å². The van der Waals surface area contributed by atoms with Crippen molar-refractivity contribution in [1.29, 1.82) is 0 Å². The molecule has 2 N–H and O–H groups in total. The Kier molecular flexibility index (Phi) is 23.0. The van der Waals surface area contributed by atoms with Crippen LogP contribution in [0.1, 0.15) is 129 Å². The maximum absolute atomic E-state index is 11.1. The van der Waals surface area contributed by atoms with Crippen molar-refractivity contribution in [3.63, 3.8) is 0 Å². The molecule has 8 heteroatoms. The van der Waals surface area contributed by atoms with Crippen molar-refractivity contribution in [3.8, 4) is 0 Å². The lowest BCUT2D eigenvalue weighted by molar-refractivity contribution is -0.151. The molecule has 0 heterocycles. The highest BCUT2D eigenvalue weighted by molar-refractivity contribution is 7.46. The molecule has 0 amide bonds. The average molecular weight is 495 g/mol. The summed E-state index contributed by atoms with van der Waals surface area (Å²) in [5, 5.41) is 0. The van der Waals surface area contributed by atoms with Gasteiger partial charge in [-0.25, -0.2) is 4.57 Å². The zero-order chi connectivity index (χ0) is 24.6. The molecule has 0 saturated heterocycles. The number of unbranched alkanes of at least 4 members (excludes halogenated alkanes) is 17. The normalized spacial score (nSPS) is 12.7. The highest BCUT2D eigenvalue weighted by Crippen LogP contribution is 2.35. The fourth-order valence-electron chi connectivity index (χ4n) is 3.85. The molecule has 0 aromatic carbocycles. The minimum atomic E-state index is -4.59.